The molecule has 0 spiro atoms. The molecule has 2 aromatic carbocycles. The van der Waals surface area contributed by atoms with Gasteiger partial charge in [-0.1, -0.05) is 42.1 Å². The molecule has 0 heterocycles. The Morgan fingerprint density at radius 2 is 1.70 bits per heavy atom. The maximum atomic E-state index is 11.3. The summed E-state index contributed by atoms with van der Waals surface area (Å²) >= 11 is 1.19. The molecule has 2 aromatic rings. The Labute approximate surface area is 121 Å². The summed E-state index contributed by atoms with van der Waals surface area (Å²) in [4.78, 5) is 23.1. The lowest BCUT2D eigenvalue weighted by molar-refractivity contribution is -0.132. The van der Waals surface area contributed by atoms with Gasteiger partial charge in [-0.3, -0.25) is 4.79 Å². The van der Waals surface area contributed by atoms with Crippen LogP contribution in [0.15, 0.2) is 46.9 Å². The third-order valence-corrected chi connectivity index (χ3v) is 3.74. The van der Waals surface area contributed by atoms with Gasteiger partial charge in [0.25, 0.3) is 0 Å². The van der Waals surface area contributed by atoms with E-state index in [4.69, 9.17) is 5.11 Å². The summed E-state index contributed by atoms with van der Waals surface area (Å²) in [5.41, 5.74) is 1.12. The van der Waals surface area contributed by atoms with Crippen molar-refractivity contribution in [3.63, 3.8) is 0 Å². The Bertz CT molecular complexity index is 717. The SMILES string of the molecule is CC(=O)Sc1ccc(/C=C(\C)C(=O)O)c2ccccc12. The summed E-state index contributed by atoms with van der Waals surface area (Å²) in [6.07, 6.45) is 1.65. The van der Waals surface area contributed by atoms with Gasteiger partial charge in [-0.05, 0) is 35.4 Å². The summed E-state index contributed by atoms with van der Waals surface area (Å²) in [5, 5.41) is 10.9. The van der Waals surface area contributed by atoms with E-state index in [2.05, 4.69) is 0 Å². The van der Waals surface area contributed by atoms with E-state index >= 15 is 0 Å². The number of hydrogen-bond acceptors (Lipinski definition) is 3. The zero-order chi connectivity index (χ0) is 14.7. The van der Waals surface area contributed by atoms with Gasteiger partial charge in [0.2, 0.25) is 0 Å². The van der Waals surface area contributed by atoms with Gasteiger partial charge < -0.3 is 5.11 Å². The Morgan fingerprint density at radius 3 is 2.30 bits per heavy atom. The molecule has 20 heavy (non-hydrogen) atoms. The van der Waals surface area contributed by atoms with Gasteiger partial charge in [0.05, 0.1) is 0 Å². The van der Waals surface area contributed by atoms with Gasteiger partial charge in [0.1, 0.15) is 0 Å². The van der Waals surface area contributed by atoms with Gasteiger partial charge in [-0.15, -0.1) is 0 Å². The lowest BCUT2D eigenvalue weighted by Crippen LogP contribution is -1.95. The lowest BCUT2D eigenvalue weighted by atomic mass is 10.0. The van der Waals surface area contributed by atoms with Crippen LogP contribution in [-0.2, 0) is 9.59 Å². The molecule has 3 nitrogen and oxygen atoms in total. The third kappa shape index (κ3) is 3.08. The molecular formula is C16H14O3S. The molecule has 0 atom stereocenters. The second-order valence-electron chi connectivity index (χ2n) is 4.42. The Kier molecular flexibility index (Phi) is 4.25. The van der Waals surface area contributed by atoms with Gasteiger partial charge in [-0.2, -0.15) is 0 Å². The van der Waals surface area contributed by atoms with Crippen LogP contribution < -0.4 is 0 Å². The number of fused-ring (bicyclic) bond motifs is 1. The summed E-state index contributed by atoms with van der Waals surface area (Å²) in [7, 11) is 0. The van der Waals surface area contributed by atoms with Crippen LogP contribution >= 0.6 is 11.8 Å². The molecule has 1 N–H and O–H groups in total. The van der Waals surface area contributed by atoms with E-state index in [1.165, 1.54) is 18.7 Å². The number of carboxylic acid groups (broad SMARTS) is 1. The van der Waals surface area contributed by atoms with Crippen molar-refractivity contribution in [3.05, 3.63) is 47.5 Å². The van der Waals surface area contributed by atoms with Crippen molar-refractivity contribution in [2.24, 2.45) is 0 Å². The highest BCUT2D eigenvalue weighted by molar-refractivity contribution is 8.13. The first-order valence-corrected chi connectivity index (χ1v) is 6.92. The average molecular weight is 286 g/mol. The molecule has 0 aliphatic rings. The number of carbonyl (C=O) groups is 2. The van der Waals surface area contributed by atoms with Crippen LogP contribution in [0, 0.1) is 0 Å². The standard InChI is InChI=1S/C16H14O3S/c1-10(16(18)19)9-12-7-8-15(20-11(2)17)14-6-4-3-5-13(12)14/h3-9H,1-2H3,(H,18,19)/b10-9+. The molecule has 0 amide bonds. The molecule has 0 saturated heterocycles. The topological polar surface area (TPSA) is 54.4 Å². The normalized spacial score (nSPS) is 11.6. The van der Waals surface area contributed by atoms with Crippen LogP contribution in [0.5, 0.6) is 0 Å². The minimum atomic E-state index is -0.934. The summed E-state index contributed by atoms with van der Waals surface area (Å²) in [6, 6.07) is 11.4. The first-order chi connectivity index (χ1) is 9.49. The Balaban J connectivity index is 2.62. The average Bonchev–Trinajstić information content (AvgIpc) is 2.41. The van der Waals surface area contributed by atoms with Crippen LogP contribution in [0.4, 0.5) is 0 Å². The fourth-order valence-corrected chi connectivity index (χ4v) is 2.69. The van der Waals surface area contributed by atoms with Crippen molar-refractivity contribution in [1.29, 1.82) is 0 Å². The molecule has 0 aliphatic heterocycles. The lowest BCUT2D eigenvalue weighted by Gasteiger charge is -2.08. The molecule has 0 radical (unpaired) electrons. The van der Waals surface area contributed by atoms with Crippen molar-refractivity contribution in [3.8, 4) is 0 Å². The van der Waals surface area contributed by atoms with E-state index in [0.29, 0.717) is 0 Å². The van der Waals surface area contributed by atoms with Crippen LogP contribution in [0.3, 0.4) is 0 Å². The fourth-order valence-electron chi connectivity index (χ4n) is 1.96. The van der Waals surface area contributed by atoms with E-state index in [1.54, 1.807) is 13.0 Å². The van der Waals surface area contributed by atoms with Gasteiger partial charge in [0, 0.05) is 17.4 Å². The van der Waals surface area contributed by atoms with E-state index in [-0.39, 0.29) is 10.7 Å². The second kappa shape index (κ2) is 5.92. The van der Waals surface area contributed by atoms with E-state index in [0.717, 1.165) is 21.2 Å². The minimum Gasteiger partial charge on any atom is -0.478 e. The Morgan fingerprint density at radius 1 is 1.05 bits per heavy atom. The van der Waals surface area contributed by atoms with E-state index < -0.39 is 5.97 Å². The maximum absolute atomic E-state index is 11.3. The molecule has 2 rings (SSSR count). The first-order valence-electron chi connectivity index (χ1n) is 6.11. The molecule has 4 heteroatoms. The van der Waals surface area contributed by atoms with Crippen LogP contribution in [0.2, 0.25) is 0 Å². The highest BCUT2D eigenvalue weighted by Gasteiger charge is 2.08. The Hall–Kier alpha value is -2.07. The largest absolute Gasteiger partial charge is 0.478 e. The summed E-state index contributed by atoms with van der Waals surface area (Å²) in [6.45, 7) is 3.09. The second-order valence-corrected chi connectivity index (χ2v) is 5.64. The number of carboxylic acids is 1. The van der Waals surface area contributed by atoms with Crippen LogP contribution in [-0.4, -0.2) is 16.2 Å². The van der Waals surface area contributed by atoms with Crippen molar-refractivity contribution in [2.45, 2.75) is 18.7 Å². The van der Waals surface area contributed by atoms with Crippen molar-refractivity contribution >= 4 is 39.7 Å². The van der Waals surface area contributed by atoms with Crippen molar-refractivity contribution in [1.82, 2.24) is 0 Å². The zero-order valence-corrected chi connectivity index (χ0v) is 12.0. The number of carbonyl (C=O) groups excluding carboxylic acids is 1. The molecular weight excluding hydrogens is 272 g/mol. The van der Waals surface area contributed by atoms with Crippen molar-refractivity contribution < 1.29 is 14.7 Å². The molecule has 0 saturated carbocycles. The van der Waals surface area contributed by atoms with Gasteiger partial charge in [-0.25, -0.2) is 4.79 Å². The van der Waals surface area contributed by atoms with Gasteiger partial charge >= 0.3 is 5.97 Å². The molecule has 0 unspecified atom stereocenters. The number of hydrogen-bond donors (Lipinski definition) is 1. The number of thioether (sulfide) groups is 1. The zero-order valence-electron chi connectivity index (χ0n) is 11.2. The first kappa shape index (κ1) is 14.3. The molecule has 0 bridgehead atoms. The number of benzene rings is 2. The van der Waals surface area contributed by atoms with Crippen LogP contribution in [0.25, 0.3) is 16.8 Å². The highest BCUT2D eigenvalue weighted by Crippen LogP contribution is 2.31. The number of aliphatic carboxylic acids is 1. The quantitative estimate of drug-likeness (QED) is 0.685. The molecule has 0 aromatic heterocycles. The summed E-state index contributed by atoms with van der Waals surface area (Å²) < 4.78 is 0. The maximum Gasteiger partial charge on any atom is 0.331 e. The fraction of sp³-hybridized carbons (Fsp3) is 0.125. The molecule has 0 fully saturated rings. The third-order valence-electron chi connectivity index (χ3n) is 2.88. The summed E-state index contributed by atoms with van der Waals surface area (Å²) in [5.74, 6) is -0.934. The van der Waals surface area contributed by atoms with E-state index in [1.807, 2.05) is 36.4 Å². The number of rotatable bonds is 3. The van der Waals surface area contributed by atoms with Crippen molar-refractivity contribution in [2.75, 3.05) is 0 Å². The van der Waals surface area contributed by atoms with Crippen LogP contribution in [0.1, 0.15) is 19.4 Å². The van der Waals surface area contributed by atoms with Gasteiger partial charge in [0.15, 0.2) is 5.12 Å². The smallest absolute Gasteiger partial charge is 0.331 e. The highest BCUT2D eigenvalue weighted by atomic mass is 32.2. The molecule has 0 aliphatic carbocycles. The predicted octanol–water partition coefficient (Wildman–Crippen LogP) is 3.97. The monoisotopic (exact) mass is 286 g/mol. The minimum absolute atomic E-state index is 0.0279. The van der Waals surface area contributed by atoms with E-state index in [9.17, 15) is 9.59 Å². The molecule has 102 valence electrons. The predicted molar refractivity (Wildman–Crippen MR) is 81.8 cm³/mol.